The molecule has 1 unspecified atom stereocenters. The van der Waals surface area contributed by atoms with Crippen molar-refractivity contribution in [1.29, 1.82) is 0 Å². The third kappa shape index (κ3) is 3.24. The second kappa shape index (κ2) is 6.43. The van der Waals surface area contributed by atoms with Crippen LogP contribution >= 0.6 is 0 Å². The van der Waals surface area contributed by atoms with Crippen LogP contribution in [0.1, 0.15) is 30.1 Å². The molecule has 0 radical (unpaired) electrons. The number of hydrogen-bond acceptors (Lipinski definition) is 5. The first-order valence-corrected chi connectivity index (χ1v) is 6.65. The molecule has 112 valence electrons. The minimum atomic E-state index is -0.430. The van der Waals surface area contributed by atoms with Gasteiger partial charge in [-0.3, -0.25) is 4.79 Å². The highest BCUT2D eigenvalue weighted by atomic mass is 16.5. The second-order valence-electron chi connectivity index (χ2n) is 4.93. The van der Waals surface area contributed by atoms with Gasteiger partial charge in [0.1, 0.15) is 12.4 Å². The molecule has 21 heavy (non-hydrogen) atoms. The molecule has 0 spiro atoms. The fourth-order valence-corrected chi connectivity index (χ4v) is 2.38. The van der Waals surface area contributed by atoms with Crippen LogP contribution in [0.25, 0.3) is 0 Å². The zero-order chi connectivity index (χ0) is 15.4. The molecule has 0 amide bonds. The minimum Gasteiger partial charge on any atom is -0.493 e. The molecule has 0 aliphatic heterocycles. The molecule has 0 fully saturated rings. The number of methoxy groups -OCH3 is 2. The lowest BCUT2D eigenvalue weighted by molar-refractivity contribution is -0.105. The van der Waals surface area contributed by atoms with Crippen molar-refractivity contribution < 1.29 is 23.8 Å². The average Bonchev–Trinajstić information content (AvgIpc) is 2.86. The summed E-state index contributed by atoms with van der Waals surface area (Å²) in [6, 6.07) is 4.86. The van der Waals surface area contributed by atoms with Gasteiger partial charge in [0, 0.05) is 12.8 Å². The predicted octanol–water partition coefficient (Wildman–Crippen LogP) is 2.54. The lowest BCUT2D eigenvalue weighted by Crippen LogP contribution is -2.16. The first-order valence-electron chi connectivity index (χ1n) is 6.65. The molecular weight excluding hydrogens is 272 g/mol. The van der Waals surface area contributed by atoms with Crippen LogP contribution < -0.4 is 9.47 Å². The van der Waals surface area contributed by atoms with Gasteiger partial charge in [0.25, 0.3) is 0 Å². The highest BCUT2D eigenvalue weighted by molar-refractivity contribution is 5.90. The van der Waals surface area contributed by atoms with Crippen molar-refractivity contribution in [3.8, 4) is 11.5 Å². The molecule has 1 atom stereocenters. The zero-order valence-electron chi connectivity index (χ0n) is 12.3. The molecule has 0 N–H and O–H groups in total. The van der Waals surface area contributed by atoms with Crippen LogP contribution in [-0.4, -0.2) is 32.6 Å². The molecule has 5 heteroatoms. The van der Waals surface area contributed by atoms with E-state index >= 15 is 0 Å². The van der Waals surface area contributed by atoms with Crippen molar-refractivity contribution in [3.05, 3.63) is 34.9 Å². The molecule has 1 aliphatic rings. The van der Waals surface area contributed by atoms with E-state index in [2.05, 4.69) is 0 Å². The summed E-state index contributed by atoms with van der Waals surface area (Å²) in [4.78, 5) is 23.0. The lowest BCUT2D eigenvalue weighted by Gasteiger charge is -2.13. The van der Waals surface area contributed by atoms with Crippen LogP contribution in [0.5, 0.6) is 11.5 Å². The Kier molecular flexibility index (Phi) is 4.62. The number of hydrogen-bond donors (Lipinski definition) is 0. The largest absolute Gasteiger partial charge is 0.493 e. The Hall–Kier alpha value is -2.30. The normalized spacial score (nSPS) is 17.6. The highest BCUT2D eigenvalue weighted by Crippen LogP contribution is 2.30. The van der Waals surface area contributed by atoms with Crippen LogP contribution in [0.2, 0.25) is 0 Å². The van der Waals surface area contributed by atoms with Gasteiger partial charge >= 0.3 is 5.97 Å². The van der Waals surface area contributed by atoms with Crippen LogP contribution in [0.3, 0.4) is 0 Å². The molecule has 0 heterocycles. The molecule has 1 aromatic rings. The van der Waals surface area contributed by atoms with E-state index in [0.29, 0.717) is 29.9 Å². The van der Waals surface area contributed by atoms with E-state index in [1.54, 1.807) is 18.2 Å². The number of esters is 1. The van der Waals surface area contributed by atoms with Crippen molar-refractivity contribution in [1.82, 2.24) is 0 Å². The number of aldehydes is 1. The molecule has 1 aliphatic carbocycles. The van der Waals surface area contributed by atoms with Crippen molar-refractivity contribution in [2.45, 2.75) is 25.9 Å². The van der Waals surface area contributed by atoms with Gasteiger partial charge in [0.2, 0.25) is 0 Å². The molecule has 0 aromatic heterocycles. The van der Waals surface area contributed by atoms with E-state index in [1.165, 1.54) is 14.2 Å². The molecule has 1 aromatic carbocycles. The van der Waals surface area contributed by atoms with Gasteiger partial charge in [-0.2, -0.15) is 0 Å². The van der Waals surface area contributed by atoms with Crippen LogP contribution in [0, 0.1) is 0 Å². The monoisotopic (exact) mass is 290 g/mol. The third-order valence-electron chi connectivity index (χ3n) is 3.56. The molecule has 0 saturated heterocycles. The summed E-state index contributed by atoms with van der Waals surface area (Å²) >= 11 is 0. The standard InChI is InChI=1S/C16H18O5/c1-10-6-13(7-12(10)9-17)21-16(18)11-4-5-14(19-2)15(8-11)20-3/h4-5,8-9,13H,6-7H2,1-3H3. The predicted molar refractivity (Wildman–Crippen MR) is 76.7 cm³/mol. The molecule has 0 saturated carbocycles. The van der Waals surface area contributed by atoms with Crippen molar-refractivity contribution >= 4 is 12.3 Å². The van der Waals surface area contributed by atoms with Gasteiger partial charge in [-0.1, -0.05) is 5.57 Å². The van der Waals surface area contributed by atoms with Gasteiger partial charge in [0.05, 0.1) is 19.8 Å². The summed E-state index contributed by atoms with van der Waals surface area (Å²) in [6.45, 7) is 1.88. The van der Waals surface area contributed by atoms with Crippen LogP contribution in [-0.2, 0) is 9.53 Å². The summed E-state index contributed by atoms with van der Waals surface area (Å²) < 4.78 is 15.7. The second-order valence-corrected chi connectivity index (χ2v) is 4.93. The maximum atomic E-state index is 12.1. The van der Waals surface area contributed by atoms with E-state index in [1.807, 2.05) is 6.92 Å². The first-order chi connectivity index (χ1) is 10.1. The number of rotatable bonds is 5. The van der Waals surface area contributed by atoms with Crippen LogP contribution in [0.15, 0.2) is 29.3 Å². The summed E-state index contributed by atoms with van der Waals surface area (Å²) in [7, 11) is 3.04. The van der Waals surface area contributed by atoms with Crippen molar-refractivity contribution in [2.75, 3.05) is 14.2 Å². The Labute approximate surface area is 123 Å². The summed E-state index contributed by atoms with van der Waals surface area (Å²) in [6.07, 6.45) is 1.65. The topological polar surface area (TPSA) is 61.8 Å². The fourth-order valence-electron chi connectivity index (χ4n) is 2.38. The summed E-state index contributed by atoms with van der Waals surface area (Å²) in [5.41, 5.74) is 2.10. The molecule has 2 rings (SSSR count). The van der Waals surface area contributed by atoms with Crippen molar-refractivity contribution in [3.63, 3.8) is 0 Å². The van der Waals surface area contributed by atoms with E-state index in [0.717, 1.165) is 17.4 Å². The van der Waals surface area contributed by atoms with Gasteiger partial charge in [-0.25, -0.2) is 4.79 Å². The van der Waals surface area contributed by atoms with E-state index < -0.39 is 5.97 Å². The van der Waals surface area contributed by atoms with E-state index in [-0.39, 0.29) is 6.10 Å². The van der Waals surface area contributed by atoms with Gasteiger partial charge < -0.3 is 14.2 Å². The Bertz CT molecular complexity index is 588. The van der Waals surface area contributed by atoms with Gasteiger partial charge in [0.15, 0.2) is 11.5 Å². The molecule has 0 bridgehead atoms. The van der Waals surface area contributed by atoms with Crippen LogP contribution in [0.4, 0.5) is 0 Å². The Morgan fingerprint density at radius 3 is 2.48 bits per heavy atom. The smallest absolute Gasteiger partial charge is 0.338 e. The lowest BCUT2D eigenvalue weighted by atomic mass is 10.2. The number of carbonyl (C=O) groups excluding carboxylic acids is 2. The fraction of sp³-hybridized carbons (Fsp3) is 0.375. The van der Waals surface area contributed by atoms with Gasteiger partial charge in [-0.15, -0.1) is 0 Å². The van der Waals surface area contributed by atoms with E-state index in [9.17, 15) is 9.59 Å². The molecular formula is C16H18O5. The quantitative estimate of drug-likeness (QED) is 0.616. The Morgan fingerprint density at radius 1 is 1.19 bits per heavy atom. The zero-order valence-corrected chi connectivity index (χ0v) is 12.3. The Morgan fingerprint density at radius 2 is 1.90 bits per heavy atom. The third-order valence-corrected chi connectivity index (χ3v) is 3.56. The Balaban J connectivity index is 2.06. The first kappa shape index (κ1) is 15.1. The number of benzene rings is 1. The number of carbonyl (C=O) groups is 2. The van der Waals surface area contributed by atoms with Crippen molar-refractivity contribution in [2.24, 2.45) is 0 Å². The summed E-state index contributed by atoms with van der Waals surface area (Å²) in [5.74, 6) is 0.595. The summed E-state index contributed by atoms with van der Waals surface area (Å²) in [5, 5.41) is 0. The SMILES string of the molecule is COc1ccc(C(=O)OC2CC(C)=C(C=O)C2)cc1OC. The maximum Gasteiger partial charge on any atom is 0.338 e. The van der Waals surface area contributed by atoms with Gasteiger partial charge in [-0.05, 0) is 30.7 Å². The molecule has 5 nitrogen and oxygen atoms in total. The minimum absolute atomic E-state index is 0.272. The highest BCUT2D eigenvalue weighted by Gasteiger charge is 2.25. The van der Waals surface area contributed by atoms with E-state index in [4.69, 9.17) is 14.2 Å². The average molecular weight is 290 g/mol. The number of ether oxygens (including phenoxy) is 3. The maximum absolute atomic E-state index is 12.1.